The minimum atomic E-state index is -4.74. The average Bonchev–Trinajstić information content (AvgIpc) is 3.58. The number of amidine groups is 1. The van der Waals surface area contributed by atoms with E-state index in [2.05, 4.69) is 20.4 Å². The Balaban J connectivity index is 1.24. The van der Waals surface area contributed by atoms with Crippen LogP contribution < -0.4 is 20.1 Å². The predicted octanol–water partition coefficient (Wildman–Crippen LogP) is 5.70. The second kappa shape index (κ2) is 10.3. The monoisotopic (exact) mass is 482 g/mol. The van der Waals surface area contributed by atoms with E-state index in [0.717, 1.165) is 12.0 Å². The maximum absolute atomic E-state index is 12.2. The van der Waals surface area contributed by atoms with Gasteiger partial charge in [0.15, 0.2) is 5.84 Å². The van der Waals surface area contributed by atoms with Gasteiger partial charge < -0.3 is 20.1 Å². The van der Waals surface area contributed by atoms with Crippen LogP contribution in [0.1, 0.15) is 23.5 Å². The summed E-state index contributed by atoms with van der Waals surface area (Å²) in [6, 6.07) is 21.3. The minimum Gasteiger partial charge on any atom is -0.410 e. The van der Waals surface area contributed by atoms with Gasteiger partial charge in [-0.1, -0.05) is 42.5 Å². The van der Waals surface area contributed by atoms with Gasteiger partial charge in [0.05, 0.1) is 6.34 Å². The van der Waals surface area contributed by atoms with Crippen LogP contribution in [0.4, 0.5) is 23.7 Å². The number of carbonyl (C=O) groups is 1. The predicted molar refractivity (Wildman–Crippen MR) is 125 cm³/mol. The molecule has 1 saturated carbocycles. The fourth-order valence-corrected chi connectivity index (χ4v) is 3.39. The molecule has 0 saturated heterocycles. The highest BCUT2D eigenvalue weighted by Gasteiger charge is 2.40. The number of benzene rings is 3. The number of hydrogen-bond acceptors (Lipinski definition) is 4. The van der Waals surface area contributed by atoms with Crippen molar-refractivity contribution >= 4 is 24.0 Å². The maximum atomic E-state index is 12.2. The van der Waals surface area contributed by atoms with Crippen molar-refractivity contribution in [2.45, 2.75) is 24.7 Å². The van der Waals surface area contributed by atoms with E-state index in [9.17, 15) is 18.0 Å². The molecule has 2 unspecified atom stereocenters. The number of ether oxygens (including phenoxy) is 2. The normalized spacial score (nSPS) is 17.0. The third-order valence-corrected chi connectivity index (χ3v) is 5.17. The van der Waals surface area contributed by atoms with Crippen molar-refractivity contribution in [1.82, 2.24) is 5.32 Å². The van der Waals surface area contributed by atoms with Gasteiger partial charge in [0, 0.05) is 23.2 Å². The highest BCUT2D eigenvalue weighted by Crippen LogP contribution is 2.40. The van der Waals surface area contributed by atoms with Gasteiger partial charge in [-0.2, -0.15) is 0 Å². The molecule has 2 atom stereocenters. The Kier molecular flexibility index (Phi) is 7.00. The SMILES string of the molecule is N=C(/N=C\Nc1ccc(OC(F)(F)F)cc1)c1ccc(C2CC2NC(=O)Oc2ccccc2)cc1. The molecular formula is C25H21F3N4O3. The Bertz CT molecular complexity index is 1200. The first-order valence-electron chi connectivity index (χ1n) is 10.6. The Morgan fingerprint density at radius 3 is 2.31 bits per heavy atom. The molecule has 0 radical (unpaired) electrons. The van der Waals surface area contributed by atoms with E-state index in [1.165, 1.54) is 30.6 Å². The minimum absolute atomic E-state index is 0.00773. The van der Waals surface area contributed by atoms with Crippen LogP contribution in [-0.2, 0) is 0 Å². The second-order valence-corrected chi connectivity index (χ2v) is 7.74. The number of aliphatic imine (C=N–C) groups is 1. The number of carbonyl (C=O) groups excluding carboxylic acids is 1. The second-order valence-electron chi connectivity index (χ2n) is 7.74. The molecule has 1 fully saturated rings. The molecule has 3 N–H and O–H groups in total. The maximum Gasteiger partial charge on any atom is 0.573 e. The van der Waals surface area contributed by atoms with Crippen LogP contribution in [0.3, 0.4) is 0 Å². The standard InChI is InChI=1S/C25H21F3N4O3/c26-25(27,28)35-20-12-10-18(11-13-20)30-15-31-23(29)17-8-6-16(7-9-17)21-14-22(21)32-24(33)34-19-4-2-1-3-5-19/h1-13,15,21-22H,14H2,(H,32,33)(H2,29,30,31). The van der Waals surface area contributed by atoms with Crippen molar-refractivity contribution in [2.75, 3.05) is 5.32 Å². The first kappa shape index (κ1) is 23.8. The van der Waals surface area contributed by atoms with Crippen molar-refractivity contribution in [1.29, 1.82) is 5.41 Å². The molecular weight excluding hydrogens is 461 g/mol. The largest absolute Gasteiger partial charge is 0.573 e. The van der Waals surface area contributed by atoms with E-state index < -0.39 is 12.5 Å². The highest BCUT2D eigenvalue weighted by molar-refractivity contribution is 6.02. The third kappa shape index (κ3) is 7.07. The molecule has 0 spiro atoms. The van der Waals surface area contributed by atoms with Crippen molar-refractivity contribution in [2.24, 2.45) is 4.99 Å². The summed E-state index contributed by atoms with van der Waals surface area (Å²) in [7, 11) is 0. The zero-order valence-corrected chi connectivity index (χ0v) is 18.3. The summed E-state index contributed by atoms with van der Waals surface area (Å²) in [6.07, 6.45) is -3.15. The molecule has 1 amide bonds. The van der Waals surface area contributed by atoms with Gasteiger partial charge in [-0.25, -0.2) is 9.79 Å². The van der Waals surface area contributed by atoms with E-state index in [-0.39, 0.29) is 23.5 Å². The van der Waals surface area contributed by atoms with Crippen LogP contribution in [0.2, 0.25) is 0 Å². The van der Waals surface area contributed by atoms with Crippen molar-refractivity contribution in [3.63, 3.8) is 0 Å². The fourth-order valence-electron chi connectivity index (χ4n) is 3.39. The first-order chi connectivity index (χ1) is 16.8. The smallest absolute Gasteiger partial charge is 0.410 e. The summed E-state index contributed by atoms with van der Waals surface area (Å²) in [6.45, 7) is 0. The molecule has 4 rings (SSSR count). The van der Waals surface area contributed by atoms with Crippen LogP contribution in [-0.4, -0.2) is 30.7 Å². The number of rotatable bonds is 7. The van der Waals surface area contributed by atoms with Crippen molar-refractivity contribution < 1.29 is 27.4 Å². The molecule has 0 aromatic heterocycles. The number of hydrogen-bond donors (Lipinski definition) is 3. The van der Waals surface area contributed by atoms with Crippen molar-refractivity contribution in [3.05, 3.63) is 90.0 Å². The van der Waals surface area contributed by atoms with Crippen LogP contribution in [0.15, 0.2) is 83.9 Å². The summed E-state index contributed by atoms with van der Waals surface area (Å²) in [5.41, 5.74) is 2.12. The molecule has 3 aromatic carbocycles. The lowest BCUT2D eigenvalue weighted by atomic mass is 10.1. The van der Waals surface area contributed by atoms with Gasteiger partial charge in [-0.15, -0.1) is 13.2 Å². The number of amides is 1. The number of halogens is 3. The van der Waals surface area contributed by atoms with E-state index in [1.807, 2.05) is 18.2 Å². The molecule has 180 valence electrons. The summed E-state index contributed by atoms with van der Waals surface area (Å²) in [4.78, 5) is 16.0. The van der Waals surface area contributed by atoms with Gasteiger partial charge >= 0.3 is 12.5 Å². The van der Waals surface area contributed by atoms with E-state index in [4.69, 9.17) is 10.1 Å². The third-order valence-electron chi connectivity index (χ3n) is 5.17. The number of alkyl halides is 3. The molecule has 7 nitrogen and oxygen atoms in total. The van der Waals surface area contributed by atoms with E-state index in [0.29, 0.717) is 17.0 Å². The van der Waals surface area contributed by atoms with Crippen LogP contribution >= 0.6 is 0 Å². The highest BCUT2D eigenvalue weighted by atomic mass is 19.4. The zero-order valence-electron chi connectivity index (χ0n) is 18.3. The van der Waals surface area contributed by atoms with Gasteiger partial charge in [0.25, 0.3) is 0 Å². The molecule has 1 aliphatic rings. The van der Waals surface area contributed by atoms with Gasteiger partial charge in [-0.05, 0) is 48.4 Å². The topological polar surface area (TPSA) is 95.8 Å². The summed E-state index contributed by atoms with van der Waals surface area (Å²) in [5.74, 6) is 0.343. The molecule has 35 heavy (non-hydrogen) atoms. The fraction of sp³-hybridized carbons (Fsp3) is 0.160. The summed E-state index contributed by atoms with van der Waals surface area (Å²) < 4.78 is 45.7. The van der Waals surface area contributed by atoms with E-state index >= 15 is 0 Å². The lowest BCUT2D eigenvalue weighted by molar-refractivity contribution is -0.274. The molecule has 0 heterocycles. The lowest BCUT2D eigenvalue weighted by Crippen LogP contribution is -2.29. The van der Waals surface area contributed by atoms with Gasteiger partial charge in [0.1, 0.15) is 11.5 Å². The Labute approximate surface area is 199 Å². The quantitative estimate of drug-likeness (QED) is 0.298. The number of nitrogens with one attached hydrogen (secondary N) is 3. The van der Waals surface area contributed by atoms with Crippen LogP contribution in [0.25, 0.3) is 0 Å². The Morgan fingerprint density at radius 2 is 1.66 bits per heavy atom. The van der Waals surface area contributed by atoms with Gasteiger partial charge in [0.2, 0.25) is 0 Å². The number of anilines is 1. The van der Waals surface area contributed by atoms with Crippen LogP contribution in [0, 0.1) is 5.41 Å². The average molecular weight is 482 g/mol. The molecule has 0 aliphatic heterocycles. The zero-order chi connectivity index (χ0) is 24.8. The summed E-state index contributed by atoms with van der Waals surface area (Å²) in [5, 5.41) is 13.7. The molecule has 1 aliphatic carbocycles. The molecule has 0 bridgehead atoms. The molecule has 10 heteroatoms. The summed E-state index contributed by atoms with van der Waals surface area (Å²) >= 11 is 0. The van der Waals surface area contributed by atoms with Crippen molar-refractivity contribution in [3.8, 4) is 11.5 Å². The Hall–Kier alpha value is -4.34. The van der Waals surface area contributed by atoms with E-state index in [1.54, 1.807) is 36.4 Å². The van der Waals surface area contributed by atoms with Crippen LogP contribution in [0.5, 0.6) is 11.5 Å². The first-order valence-corrected chi connectivity index (χ1v) is 10.6. The lowest BCUT2D eigenvalue weighted by Gasteiger charge is -2.09. The molecule has 3 aromatic rings. The van der Waals surface area contributed by atoms with Gasteiger partial charge in [-0.3, -0.25) is 5.41 Å². The number of para-hydroxylation sites is 1. The number of nitrogens with zero attached hydrogens (tertiary/aromatic N) is 1. The Morgan fingerprint density at radius 1 is 0.971 bits per heavy atom.